The van der Waals surface area contributed by atoms with Crippen LogP contribution in [0.2, 0.25) is 0 Å². The van der Waals surface area contributed by atoms with Gasteiger partial charge in [-0.25, -0.2) is 4.79 Å². The number of nitro benzene ring substituents is 1. The van der Waals surface area contributed by atoms with Gasteiger partial charge in [0.2, 0.25) is 5.91 Å². The second-order valence-corrected chi connectivity index (χ2v) is 7.90. The topological polar surface area (TPSA) is 110 Å². The zero-order chi connectivity index (χ0) is 21.8. The van der Waals surface area contributed by atoms with Crippen molar-refractivity contribution in [3.05, 3.63) is 68.8 Å². The van der Waals surface area contributed by atoms with E-state index in [1.807, 2.05) is 24.3 Å². The van der Waals surface area contributed by atoms with Crippen LogP contribution in [0.15, 0.2) is 36.4 Å². The van der Waals surface area contributed by atoms with Gasteiger partial charge >= 0.3 is 5.97 Å². The molecule has 0 spiro atoms. The van der Waals surface area contributed by atoms with Gasteiger partial charge in [0.15, 0.2) is 0 Å². The standard InChI is InChI=1S/C22H26N2O5/c1-5-16-17(21(26)27)11-12-18(24(28)29)20(16)23-19(25)13-8-14-6-9-15(10-7-14)22(2,3)4/h6-7,9-12H,5,8,13H2,1-4H3,(H,23,25)(H,26,27). The zero-order valence-electron chi connectivity index (χ0n) is 17.1. The van der Waals surface area contributed by atoms with E-state index >= 15 is 0 Å². The largest absolute Gasteiger partial charge is 0.478 e. The molecule has 2 N–H and O–H groups in total. The van der Waals surface area contributed by atoms with Crippen LogP contribution >= 0.6 is 0 Å². The maximum atomic E-state index is 12.5. The van der Waals surface area contributed by atoms with Crippen LogP contribution in [-0.4, -0.2) is 21.9 Å². The summed E-state index contributed by atoms with van der Waals surface area (Å²) in [5.74, 6) is -1.59. The number of aromatic carboxylic acids is 1. The molecule has 0 saturated heterocycles. The van der Waals surface area contributed by atoms with Gasteiger partial charge in [-0.1, -0.05) is 52.0 Å². The van der Waals surface area contributed by atoms with Crippen molar-refractivity contribution in [1.82, 2.24) is 0 Å². The van der Waals surface area contributed by atoms with Crippen LogP contribution < -0.4 is 5.32 Å². The first-order valence-corrected chi connectivity index (χ1v) is 9.47. The molecule has 2 aromatic rings. The fourth-order valence-electron chi connectivity index (χ4n) is 3.13. The molecule has 0 aliphatic rings. The van der Waals surface area contributed by atoms with E-state index in [4.69, 9.17) is 0 Å². The van der Waals surface area contributed by atoms with Gasteiger partial charge in [-0.3, -0.25) is 14.9 Å². The van der Waals surface area contributed by atoms with E-state index in [-0.39, 0.29) is 40.8 Å². The number of benzene rings is 2. The number of carboxylic acid groups (broad SMARTS) is 1. The molecule has 0 fully saturated rings. The van der Waals surface area contributed by atoms with Gasteiger partial charge in [-0.15, -0.1) is 0 Å². The van der Waals surface area contributed by atoms with Crippen LogP contribution in [-0.2, 0) is 23.1 Å². The van der Waals surface area contributed by atoms with E-state index < -0.39 is 16.8 Å². The Morgan fingerprint density at radius 3 is 2.21 bits per heavy atom. The van der Waals surface area contributed by atoms with Gasteiger partial charge < -0.3 is 10.4 Å². The lowest BCUT2D eigenvalue weighted by Crippen LogP contribution is -2.17. The van der Waals surface area contributed by atoms with E-state index in [1.54, 1.807) is 6.92 Å². The average Bonchev–Trinajstić information content (AvgIpc) is 2.65. The molecule has 0 aliphatic heterocycles. The third-order valence-corrected chi connectivity index (χ3v) is 4.80. The molecular formula is C22H26N2O5. The lowest BCUT2D eigenvalue weighted by molar-refractivity contribution is -0.384. The number of hydrogen-bond donors (Lipinski definition) is 2. The number of nitrogens with one attached hydrogen (secondary N) is 1. The molecule has 0 bridgehead atoms. The fourth-order valence-corrected chi connectivity index (χ4v) is 3.13. The number of carbonyl (C=O) groups excluding carboxylic acids is 1. The Morgan fingerprint density at radius 1 is 1.10 bits per heavy atom. The lowest BCUT2D eigenvalue weighted by Gasteiger charge is -2.19. The van der Waals surface area contributed by atoms with Crippen LogP contribution in [0.1, 0.15) is 61.2 Å². The summed E-state index contributed by atoms with van der Waals surface area (Å²) < 4.78 is 0. The summed E-state index contributed by atoms with van der Waals surface area (Å²) in [5.41, 5.74) is 2.07. The minimum atomic E-state index is -1.19. The van der Waals surface area contributed by atoms with Gasteiger partial charge in [0.1, 0.15) is 5.69 Å². The Balaban J connectivity index is 2.18. The molecule has 0 aliphatic carbocycles. The SMILES string of the molecule is CCc1c(C(=O)O)ccc([N+](=O)[O-])c1NC(=O)CCc1ccc(C(C)(C)C)cc1. The Bertz CT molecular complexity index is 927. The van der Waals surface area contributed by atoms with Gasteiger partial charge in [-0.05, 0) is 41.0 Å². The van der Waals surface area contributed by atoms with Gasteiger partial charge in [0, 0.05) is 12.5 Å². The quantitative estimate of drug-likeness (QED) is 0.518. The molecule has 0 unspecified atom stereocenters. The molecule has 0 radical (unpaired) electrons. The number of aryl methyl sites for hydroxylation is 1. The lowest BCUT2D eigenvalue weighted by atomic mass is 9.86. The maximum Gasteiger partial charge on any atom is 0.336 e. The van der Waals surface area contributed by atoms with Gasteiger partial charge in [-0.2, -0.15) is 0 Å². The molecule has 2 rings (SSSR count). The number of nitro groups is 1. The Hall–Kier alpha value is -3.22. The van der Waals surface area contributed by atoms with Crippen LogP contribution in [0.5, 0.6) is 0 Å². The van der Waals surface area contributed by atoms with Crippen molar-refractivity contribution >= 4 is 23.3 Å². The Kier molecular flexibility index (Phi) is 6.74. The van der Waals surface area contributed by atoms with Crippen molar-refractivity contribution in [3.8, 4) is 0 Å². The number of anilines is 1. The average molecular weight is 398 g/mol. The molecule has 2 aromatic carbocycles. The minimum Gasteiger partial charge on any atom is -0.478 e. The van der Waals surface area contributed by atoms with Crippen molar-refractivity contribution in [2.45, 2.75) is 52.4 Å². The van der Waals surface area contributed by atoms with Crippen molar-refractivity contribution < 1.29 is 19.6 Å². The van der Waals surface area contributed by atoms with Gasteiger partial charge in [0.25, 0.3) is 5.69 Å². The summed E-state index contributed by atoms with van der Waals surface area (Å²) >= 11 is 0. The molecular weight excluding hydrogens is 372 g/mol. The molecule has 7 nitrogen and oxygen atoms in total. The second kappa shape index (κ2) is 8.86. The number of carbonyl (C=O) groups is 2. The molecule has 0 saturated carbocycles. The fraction of sp³-hybridized carbons (Fsp3) is 0.364. The Morgan fingerprint density at radius 2 is 1.72 bits per heavy atom. The molecule has 0 atom stereocenters. The highest BCUT2D eigenvalue weighted by Gasteiger charge is 2.24. The summed E-state index contributed by atoms with van der Waals surface area (Å²) in [6.07, 6.45) is 0.851. The van der Waals surface area contributed by atoms with E-state index in [9.17, 15) is 24.8 Å². The third-order valence-electron chi connectivity index (χ3n) is 4.80. The number of amides is 1. The second-order valence-electron chi connectivity index (χ2n) is 7.90. The van der Waals surface area contributed by atoms with E-state index in [0.717, 1.165) is 11.6 Å². The first kappa shape index (κ1) is 22.1. The first-order chi connectivity index (χ1) is 13.5. The molecule has 0 aromatic heterocycles. The van der Waals surface area contributed by atoms with Crippen molar-refractivity contribution in [2.24, 2.45) is 0 Å². The highest BCUT2D eigenvalue weighted by Crippen LogP contribution is 2.32. The van der Waals surface area contributed by atoms with Crippen LogP contribution in [0.4, 0.5) is 11.4 Å². The first-order valence-electron chi connectivity index (χ1n) is 9.47. The number of nitrogens with zero attached hydrogens (tertiary/aromatic N) is 1. The summed E-state index contributed by atoms with van der Waals surface area (Å²) in [7, 11) is 0. The number of rotatable bonds is 7. The van der Waals surface area contributed by atoms with Crippen LogP contribution in [0.3, 0.4) is 0 Å². The summed E-state index contributed by atoms with van der Waals surface area (Å²) in [6, 6.07) is 10.3. The highest BCUT2D eigenvalue weighted by molar-refractivity contribution is 5.98. The summed E-state index contributed by atoms with van der Waals surface area (Å²) in [5, 5.41) is 23.3. The number of hydrogen-bond acceptors (Lipinski definition) is 4. The highest BCUT2D eigenvalue weighted by atomic mass is 16.6. The normalized spacial score (nSPS) is 11.2. The predicted octanol–water partition coefficient (Wildman–Crippen LogP) is 4.72. The monoisotopic (exact) mass is 398 g/mol. The minimum absolute atomic E-state index is 0.0366. The Labute approximate surface area is 169 Å². The van der Waals surface area contributed by atoms with E-state index in [0.29, 0.717) is 6.42 Å². The van der Waals surface area contributed by atoms with Crippen LogP contribution in [0.25, 0.3) is 0 Å². The molecule has 7 heteroatoms. The predicted molar refractivity (Wildman–Crippen MR) is 112 cm³/mol. The molecule has 0 heterocycles. The zero-order valence-corrected chi connectivity index (χ0v) is 17.1. The molecule has 1 amide bonds. The van der Waals surface area contributed by atoms with Crippen molar-refractivity contribution in [1.29, 1.82) is 0 Å². The third kappa shape index (κ3) is 5.40. The summed E-state index contributed by atoms with van der Waals surface area (Å²) in [6.45, 7) is 8.06. The van der Waals surface area contributed by atoms with Crippen LogP contribution in [0, 0.1) is 10.1 Å². The van der Waals surface area contributed by atoms with Gasteiger partial charge in [0.05, 0.1) is 10.5 Å². The summed E-state index contributed by atoms with van der Waals surface area (Å²) in [4.78, 5) is 34.6. The maximum absolute atomic E-state index is 12.5. The van der Waals surface area contributed by atoms with Crippen molar-refractivity contribution in [2.75, 3.05) is 5.32 Å². The smallest absolute Gasteiger partial charge is 0.336 e. The van der Waals surface area contributed by atoms with E-state index in [2.05, 4.69) is 26.1 Å². The number of carboxylic acids is 1. The molecule has 29 heavy (non-hydrogen) atoms. The van der Waals surface area contributed by atoms with Crippen molar-refractivity contribution in [3.63, 3.8) is 0 Å². The molecule has 154 valence electrons. The van der Waals surface area contributed by atoms with E-state index in [1.165, 1.54) is 11.6 Å².